The minimum Gasteiger partial charge on any atom is -0.436 e. The average molecular weight is 659 g/mol. The molecular formula is C44H26N4OS. The van der Waals surface area contributed by atoms with Crippen LogP contribution in [0.2, 0.25) is 0 Å². The molecule has 0 spiro atoms. The van der Waals surface area contributed by atoms with Gasteiger partial charge in [-0.05, 0) is 58.3 Å². The molecule has 0 atom stereocenters. The van der Waals surface area contributed by atoms with E-state index in [9.17, 15) is 0 Å². The first-order chi connectivity index (χ1) is 24.7. The molecule has 234 valence electrons. The molecule has 0 aliphatic heterocycles. The zero-order valence-corrected chi connectivity index (χ0v) is 27.4. The Hall–Kier alpha value is -6.50. The molecule has 3 aromatic heterocycles. The van der Waals surface area contributed by atoms with Gasteiger partial charge < -0.3 is 4.42 Å². The molecule has 6 heteroatoms. The van der Waals surface area contributed by atoms with Gasteiger partial charge in [0.2, 0.25) is 5.89 Å². The zero-order chi connectivity index (χ0) is 33.0. The summed E-state index contributed by atoms with van der Waals surface area (Å²) < 4.78 is 8.61. The number of benzene rings is 7. The SMILES string of the molecule is c1ccc(-c2ccc(-c3nc4c(ccc5sc6cc(-c7nc(-c8ccccc8)nc(-c8ccc9ccccc9c8)n7)ccc6c54)o3)cc2)cc1. The van der Waals surface area contributed by atoms with Gasteiger partial charge in [0.1, 0.15) is 5.52 Å². The summed E-state index contributed by atoms with van der Waals surface area (Å²) in [6, 6.07) is 54.1. The maximum atomic E-state index is 6.32. The molecule has 0 aliphatic rings. The maximum Gasteiger partial charge on any atom is 0.227 e. The predicted octanol–water partition coefficient (Wildman–Crippen LogP) is 11.9. The van der Waals surface area contributed by atoms with Crippen LogP contribution in [0.3, 0.4) is 0 Å². The van der Waals surface area contributed by atoms with Gasteiger partial charge in [0.05, 0.1) is 0 Å². The van der Waals surface area contributed by atoms with E-state index in [1.807, 2.05) is 42.5 Å². The third-order valence-corrected chi connectivity index (χ3v) is 10.3. The predicted molar refractivity (Wildman–Crippen MR) is 205 cm³/mol. The molecule has 50 heavy (non-hydrogen) atoms. The smallest absolute Gasteiger partial charge is 0.227 e. The van der Waals surface area contributed by atoms with Crippen molar-refractivity contribution in [3.05, 3.63) is 158 Å². The van der Waals surface area contributed by atoms with Crippen LogP contribution in [-0.4, -0.2) is 19.9 Å². The fraction of sp³-hybridized carbons (Fsp3) is 0. The highest BCUT2D eigenvalue weighted by Crippen LogP contribution is 2.41. The lowest BCUT2D eigenvalue weighted by atomic mass is 10.0. The molecule has 0 saturated carbocycles. The van der Waals surface area contributed by atoms with E-state index >= 15 is 0 Å². The number of aromatic nitrogens is 4. The third kappa shape index (κ3) is 4.93. The zero-order valence-electron chi connectivity index (χ0n) is 26.6. The summed E-state index contributed by atoms with van der Waals surface area (Å²) in [5.41, 5.74) is 7.75. The minimum absolute atomic E-state index is 0.614. The number of fused-ring (bicyclic) bond motifs is 6. The van der Waals surface area contributed by atoms with E-state index in [4.69, 9.17) is 24.4 Å². The van der Waals surface area contributed by atoms with Crippen LogP contribution in [0, 0.1) is 0 Å². The Morgan fingerprint density at radius 1 is 0.400 bits per heavy atom. The summed E-state index contributed by atoms with van der Waals surface area (Å²) in [7, 11) is 0. The van der Waals surface area contributed by atoms with E-state index < -0.39 is 0 Å². The maximum absolute atomic E-state index is 6.32. The molecule has 0 radical (unpaired) electrons. The van der Waals surface area contributed by atoms with Gasteiger partial charge in [0, 0.05) is 42.4 Å². The van der Waals surface area contributed by atoms with E-state index in [1.54, 1.807) is 11.3 Å². The standard InChI is InChI=1S/C44H26N4OS/c1-3-9-27(10-4-1)29-15-18-31(19-16-29)44-45-40-36(49-44)23-24-37-39(40)35-22-21-34(26-38(35)50-37)43-47-41(30-12-5-2-6-13-30)46-42(48-43)33-20-17-28-11-7-8-14-32(28)25-33/h1-26H. The first kappa shape index (κ1) is 28.5. The number of hydrogen-bond acceptors (Lipinski definition) is 6. The van der Waals surface area contributed by atoms with Crippen LogP contribution in [0.5, 0.6) is 0 Å². The van der Waals surface area contributed by atoms with Crippen LogP contribution in [0.4, 0.5) is 0 Å². The van der Waals surface area contributed by atoms with Gasteiger partial charge in [-0.3, -0.25) is 0 Å². The average Bonchev–Trinajstić information content (AvgIpc) is 3.80. The quantitative estimate of drug-likeness (QED) is 0.184. The van der Waals surface area contributed by atoms with Crippen LogP contribution in [0.1, 0.15) is 0 Å². The monoisotopic (exact) mass is 658 g/mol. The van der Waals surface area contributed by atoms with E-state index in [0.29, 0.717) is 23.4 Å². The highest BCUT2D eigenvalue weighted by Gasteiger charge is 2.18. The number of nitrogens with zero attached hydrogens (tertiary/aromatic N) is 4. The minimum atomic E-state index is 0.614. The van der Waals surface area contributed by atoms with Gasteiger partial charge in [-0.1, -0.05) is 121 Å². The lowest BCUT2D eigenvalue weighted by Crippen LogP contribution is -2.00. The highest BCUT2D eigenvalue weighted by atomic mass is 32.1. The lowest BCUT2D eigenvalue weighted by Gasteiger charge is -2.09. The summed E-state index contributed by atoms with van der Waals surface area (Å²) in [6.07, 6.45) is 0. The van der Waals surface area contributed by atoms with Gasteiger partial charge >= 0.3 is 0 Å². The van der Waals surface area contributed by atoms with Gasteiger partial charge in [0.15, 0.2) is 23.1 Å². The molecule has 5 nitrogen and oxygen atoms in total. The van der Waals surface area contributed by atoms with Gasteiger partial charge in [-0.25, -0.2) is 19.9 Å². The molecule has 0 aliphatic carbocycles. The molecule has 0 amide bonds. The number of hydrogen-bond donors (Lipinski definition) is 0. The van der Waals surface area contributed by atoms with E-state index in [0.717, 1.165) is 64.5 Å². The van der Waals surface area contributed by atoms with Crippen molar-refractivity contribution in [1.29, 1.82) is 0 Å². The number of oxazole rings is 1. The Morgan fingerprint density at radius 3 is 1.74 bits per heavy atom. The van der Waals surface area contributed by atoms with Gasteiger partial charge in [-0.15, -0.1) is 11.3 Å². The fourth-order valence-corrected chi connectivity index (χ4v) is 7.78. The van der Waals surface area contributed by atoms with Gasteiger partial charge in [-0.2, -0.15) is 0 Å². The van der Waals surface area contributed by atoms with Gasteiger partial charge in [0.25, 0.3) is 0 Å². The highest BCUT2D eigenvalue weighted by molar-refractivity contribution is 7.26. The molecule has 0 saturated heterocycles. The summed E-state index contributed by atoms with van der Waals surface area (Å²) in [6.45, 7) is 0. The summed E-state index contributed by atoms with van der Waals surface area (Å²) in [5.74, 6) is 2.53. The lowest BCUT2D eigenvalue weighted by molar-refractivity contribution is 0.620. The topological polar surface area (TPSA) is 64.7 Å². The summed E-state index contributed by atoms with van der Waals surface area (Å²) in [4.78, 5) is 20.0. The Morgan fingerprint density at radius 2 is 0.980 bits per heavy atom. The molecule has 3 heterocycles. The Bertz CT molecular complexity index is 2860. The van der Waals surface area contributed by atoms with Crippen molar-refractivity contribution in [2.75, 3.05) is 0 Å². The second kappa shape index (κ2) is 11.6. The number of thiophene rings is 1. The van der Waals surface area contributed by atoms with Crippen LogP contribution < -0.4 is 0 Å². The molecule has 0 unspecified atom stereocenters. The van der Waals surface area contributed by atoms with E-state index in [1.165, 1.54) is 10.9 Å². The Balaban J connectivity index is 1.07. The Kier molecular flexibility index (Phi) is 6.60. The van der Waals surface area contributed by atoms with E-state index in [2.05, 4.69) is 115 Å². The van der Waals surface area contributed by atoms with Crippen LogP contribution in [0.25, 0.3) is 98.8 Å². The van der Waals surface area contributed by atoms with Crippen molar-refractivity contribution >= 4 is 53.4 Å². The van der Waals surface area contributed by atoms with Crippen molar-refractivity contribution in [2.45, 2.75) is 0 Å². The summed E-state index contributed by atoms with van der Waals surface area (Å²) >= 11 is 1.74. The van der Waals surface area contributed by atoms with Crippen LogP contribution >= 0.6 is 11.3 Å². The van der Waals surface area contributed by atoms with Crippen molar-refractivity contribution < 1.29 is 4.42 Å². The van der Waals surface area contributed by atoms with Crippen molar-refractivity contribution in [1.82, 2.24) is 19.9 Å². The fourth-order valence-electron chi connectivity index (χ4n) is 6.63. The van der Waals surface area contributed by atoms with E-state index in [-0.39, 0.29) is 0 Å². The molecule has 7 aromatic carbocycles. The molecule has 0 N–H and O–H groups in total. The van der Waals surface area contributed by atoms with Crippen molar-refractivity contribution in [3.63, 3.8) is 0 Å². The van der Waals surface area contributed by atoms with Crippen LogP contribution in [0.15, 0.2) is 162 Å². The third-order valence-electron chi connectivity index (χ3n) is 9.17. The molecular weight excluding hydrogens is 633 g/mol. The summed E-state index contributed by atoms with van der Waals surface area (Å²) in [5, 5.41) is 4.55. The molecule has 10 aromatic rings. The Labute approximate surface area is 291 Å². The second-order valence-electron chi connectivity index (χ2n) is 12.3. The molecule has 0 fully saturated rings. The normalized spacial score (nSPS) is 11.6. The number of rotatable bonds is 5. The first-order valence-corrected chi connectivity index (χ1v) is 17.3. The largest absolute Gasteiger partial charge is 0.436 e. The van der Waals surface area contributed by atoms with Crippen LogP contribution in [-0.2, 0) is 0 Å². The van der Waals surface area contributed by atoms with Crippen molar-refractivity contribution in [3.8, 4) is 56.7 Å². The first-order valence-electron chi connectivity index (χ1n) is 16.5. The van der Waals surface area contributed by atoms with Crippen molar-refractivity contribution in [2.24, 2.45) is 0 Å². The molecule has 10 rings (SSSR count). The molecule has 0 bridgehead atoms. The second-order valence-corrected chi connectivity index (χ2v) is 13.4.